The molecule has 0 radical (unpaired) electrons. The van der Waals surface area contributed by atoms with Crippen molar-refractivity contribution >= 4 is 16.9 Å². The zero-order chi connectivity index (χ0) is 29.7. The second-order valence-electron chi connectivity index (χ2n) is 10.5. The van der Waals surface area contributed by atoms with Crippen LogP contribution in [0, 0.1) is 0 Å². The summed E-state index contributed by atoms with van der Waals surface area (Å²) in [6.07, 6.45) is 2.59. The van der Waals surface area contributed by atoms with Crippen molar-refractivity contribution in [1.82, 2.24) is 9.97 Å². The number of fused-ring (bicyclic) bond motifs is 5. The van der Waals surface area contributed by atoms with E-state index in [1.807, 2.05) is 109 Å². The molecule has 3 heterocycles. The van der Waals surface area contributed by atoms with Crippen LogP contribution >= 0.6 is 0 Å². The molecule has 7 heteroatoms. The average molecular weight is 583 g/mol. The Hall–Kier alpha value is -5.56. The Labute approximate surface area is 255 Å². The van der Waals surface area contributed by atoms with Gasteiger partial charge in [0.05, 0.1) is 6.61 Å². The highest BCUT2D eigenvalue weighted by atomic mass is 16.5. The number of benzene rings is 4. The first kappa shape index (κ1) is 27.3. The first-order valence-corrected chi connectivity index (χ1v) is 14.6. The summed E-state index contributed by atoms with van der Waals surface area (Å²) in [5.41, 5.74) is 6.45. The lowest BCUT2D eigenvalue weighted by Crippen LogP contribution is -2.14. The number of rotatable bonds is 9. The summed E-state index contributed by atoms with van der Waals surface area (Å²) in [4.78, 5) is 22.2. The van der Waals surface area contributed by atoms with E-state index >= 15 is 0 Å². The van der Waals surface area contributed by atoms with Crippen molar-refractivity contribution < 1.29 is 23.7 Å². The first-order chi connectivity index (χ1) is 21.7. The molecule has 0 saturated carbocycles. The fourth-order valence-corrected chi connectivity index (χ4v) is 5.46. The molecular formula is C37H30N2O5. The molecule has 7 nitrogen and oxygen atoms in total. The van der Waals surface area contributed by atoms with Crippen LogP contribution in [0.25, 0.3) is 22.2 Å². The number of hydrogen-bond acceptors (Lipinski definition) is 6. The van der Waals surface area contributed by atoms with E-state index in [1.165, 1.54) is 0 Å². The van der Waals surface area contributed by atoms with Gasteiger partial charge in [-0.2, -0.15) is 0 Å². The minimum Gasteiger partial charge on any atom is -0.487 e. The molecule has 0 aliphatic carbocycles. The van der Waals surface area contributed by atoms with Crippen LogP contribution in [0.4, 0.5) is 0 Å². The maximum Gasteiger partial charge on any atom is 0.348 e. The lowest BCUT2D eigenvalue weighted by Gasteiger charge is -2.20. The third-order valence-electron chi connectivity index (χ3n) is 7.64. The summed E-state index contributed by atoms with van der Waals surface area (Å²) in [6, 6.07) is 35.2. The Morgan fingerprint density at radius 2 is 1.39 bits per heavy atom. The van der Waals surface area contributed by atoms with Crippen molar-refractivity contribution in [3.63, 3.8) is 0 Å². The van der Waals surface area contributed by atoms with Crippen molar-refractivity contribution in [2.75, 3.05) is 6.61 Å². The third kappa shape index (κ3) is 5.60. The first-order valence-electron chi connectivity index (χ1n) is 14.6. The molecule has 0 spiro atoms. The lowest BCUT2D eigenvalue weighted by atomic mass is 9.97. The number of carbonyl (C=O) groups is 1. The minimum absolute atomic E-state index is 0.0855. The number of aromatic amines is 1. The molecule has 6 aromatic rings. The third-order valence-corrected chi connectivity index (χ3v) is 7.64. The van der Waals surface area contributed by atoms with Crippen molar-refractivity contribution in [2.24, 2.45) is 0 Å². The summed E-state index contributed by atoms with van der Waals surface area (Å²) in [5, 5.41) is 1.10. The van der Waals surface area contributed by atoms with Crippen molar-refractivity contribution in [3.05, 3.63) is 143 Å². The maximum atomic E-state index is 14.0. The van der Waals surface area contributed by atoms with Crippen LogP contribution in [0.3, 0.4) is 0 Å². The van der Waals surface area contributed by atoms with Gasteiger partial charge < -0.3 is 23.9 Å². The van der Waals surface area contributed by atoms with Crippen LogP contribution in [0.15, 0.2) is 115 Å². The predicted octanol–water partition coefficient (Wildman–Crippen LogP) is 7.68. The normalized spacial score (nSPS) is 12.0. The zero-order valence-corrected chi connectivity index (χ0v) is 24.0. The second-order valence-corrected chi connectivity index (χ2v) is 10.5. The maximum absolute atomic E-state index is 14.0. The lowest BCUT2D eigenvalue weighted by molar-refractivity contribution is 0.0459. The number of nitrogens with one attached hydrogen (secondary N) is 1. The summed E-state index contributed by atoms with van der Waals surface area (Å²) in [6.45, 7) is 0.883. The topological polar surface area (TPSA) is 82.7 Å². The Kier molecular flexibility index (Phi) is 7.66. The van der Waals surface area contributed by atoms with Crippen LogP contribution in [-0.2, 0) is 31.0 Å². The molecule has 1 N–H and O–H groups in total. The highest BCUT2D eigenvalue weighted by Crippen LogP contribution is 2.47. The number of ether oxygens (including phenoxy) is 4. The Balaban J connectivity index is 1.37. The molecule has 0 atom stereocenters. The molecule has 0 unspecified atom stereocenters. The number of pyridine rings is 1. The van der Waals surface area contributed by atoms with E-state index in [1.54, 1.807) is 0 Å². The molecule has 44 heavy (non-hydrogen) atoms. The standard InChI is InChI=1S/C37H30N2O5/c40-37(44-24-27-14-8-3-9-15-27)32-34(42-22-25-10-4-1-5-11-25)35-33(39-36(32)43-23-26-12-6-2-7-13-26)30-16-17-31-29(18-20-38-31)28(30)19-21-41-35/h1-18,20,38H,19,21-24H2. The van der Waals surface area contributed by atoms with E-state index in [4.69, 9.17) is 23.9 Å². The van der Waals surface area contributed by atoms with E-state index in [0.29, 0.717) is 24.5 Å². The minimum atomic E-state index is -0.607. The van der Waals surface area contributed by atoms with Gasteiger partial charge in [-0.05, 0) is 34.4 Å². The Morgan fingerprint density at radius 3 is 2.07 bits per heavy atom. The fourth-order valence-electron chi connectivity index (χ4n) is 5.46. The Bertz CT molecular complexity index is 1900. The molecule has 4 aromatic carbocycles. The molecule has 0 bridgehead atoms. The highest BCUT2D eigenvalue weighted by molar-refractivity contribution is 5.99. The van der Waals surface area contributed by atoms with Gasteiger partial charge in [-0.15, -0.1) is 0 Å². The van der Waals surface area contributed by atoms with Crippen molar-refractivity contribution in [2.45, 2.75) is 26.2 Å². The van der Waals surface area contributed by atoms with Gasteiger partial charge in [0.15, 0.2) is 17.1 Å². The summed E-state index contributed by atoms with van der Waals surface area (Å²) >= 11 is 0. The number of esters is 1. The van der Waals surface area contributed by atoms with Gasteiger partial charge in [0, 0.05) is 29.1 Å². The molecule has 218 valence electrons. The molecule has 2 aromatic heterocycles. The Morgan fingerprint density at radius 1 is 0.750 bits per heavy atom. The van der Waals surface area contributed by atoms with E-state index in [0.717, 1.165) is 38.7 Å². The van der Waals surface area contributed by atoms with Gasteiger partial charge in [-0.3, -0.25) is 0 Å². The van der Waals surface area contributed by atoms with Crippen LogP contribution in [-0.4, -0.2) is 22.5 Å². The smallest absolute Gasteiger partial charge is 0.348 e. The molecule has 1 aliphatic heterocycles. The fraction of sp³-hybridized carbons (Fsp3) is 0.135. The SMILES string of the molecule is O=C(OCc1ccccc1)c1c(OCc2ccccc2)nc2c(c1OCc1ccccc1)OCCc1c-2ccc2[nH]ccc12. The van der Waals surface area contributed by atoms with Crippen LogP contribution < -0.4 is 14.2 Å². The highest BCUT2D eigenvalue weighted by Gasteiger charge is 2.33. The van der Waals surface area contributed by atoms with Gasteiger partial charge in [0.1, 0.15) is 25.5 Å². The molecule has 0 fully saturated rings. The second kappa shape index (κ2) is 12.4. The summed E-state index contributed by atoms with van der Waals surface area (Å²) < 4.78 is 25.0. The predicted molar refractivity (Wildman–Crippen MR) is 168 cm³/mol. The molecule has 1 aliphatic rings. The monoisotopic (exact) mass is 582 g/mol. The van der Waals surface area contributed by atoms with E-state index < -0.39 is 5.97 Å². The number of H-pyrrole nitrogens is 1. The van der Waals surface area contributed by atoms with Crippen molar-refractivity contribution in [1.29, 1.82) is 0 Å². The number of nitrogens with zero attached hydrogens (tertiary/aromatic N) is 1. The zero-order valence-electron chi connectivity index (χ0n) is 24.0. The average Bonchev–Trinajstić information content (AvgIpc) is 3.48. The summed E-state index contributed by atoms with van der Waals surface area (Å²) in [7, 11) is 0. The van der Waals surface area contributed by atoms with Gasteiger partial charge in [-0.1, -0.05) is 97.1 Å². The molecule has 0 saturated heterocycles. The molecular weight excluding hydrogens is 552 g/mol. The van der Waals surface area contributed by atoms with Gasteiger partial charge >= 0.3 is 5.97 Å². The van der Waals surface area contributed by atoms with E-state index in [2.05, 4.69) is 11.1 Å². The number of hydrogen-bond donors (Lipinski definition) is 1. The van der Waals surface area contributed by atoms with Crippen LogP contribution in [0.1, 0.15) is 32.6 Å². The van der Waals surface area contributed by atoms with Crippen molar-refractivity contribution in [3.8, 4) is 28.6 Å². The van der Waals surface area contributed by atoms with Gasteiger partial charge in [0.25, 0.3) is 0 Å². The van der Waals surface area contributed by atoms with Gasteiger partial charge in [-0.25, -0.2) is 9.78 Å². The molecule has 0 amide bonds. The number of aromatic nitrogens is 2. The molecule has 7 rings (SSSR count). The quantitative estimate of drug-likeness (QED) is 0.176. The van der Waals surface area contributed by atoms with E-state index in [-0.39, 0.29) is 37.0 Å². The largest absolute Gasteiger partial charge is 0.487 e. The number of carbonyl (C=O) groups excluding carboxylic acids is 1. The van der Waals surface area contributed by atoms with Crippen LogP contribution in [0.5, 0.6) is 17.4 Å². The summed E-state index contributed by atoms with van der Waals surface area (Å²) in [5.74, 6) is 0.166. The van der Waals surface area contributed by atoms with E-state index in [9.17, 15) is 4.79 Å². The van der Waals surface area contributed by atoms with Crippen LogP contribution in [0.2, 0.25) is 0 Å². The van der Waals surface area contributed by atoms with Gasteiger partial charge in [0.2, 0.25) is 5.88 Å².